The number of carbonyl (C=O) groups is 1. The van der Waals surface area contributed by atoms with Gasteiger partial charge in [0.25, 0.3) is 5.91 Å². The molecule has 2 aliphatic heterocycles. The van der Waals surface area contributed by atoms with E-state index in [9.17, 15) is 4.79 Å². The Morgan fingerprint density at radius 2 is 2.04 bits per heavy atom. The van der Waals surface area contributed by atoms with Crippen LogP contribution in [-0.2, 0) is 4.79 Å². The van der Waals surface area contributed by atoms with E-state index >= 15 is 0 Å². The standard InChI is InChI=1S/C18H19N3O5/c1-23-16-8-19-9-17(20-16)25-12-6-7-21(10-12)18(22)15-11-24-13-4-2-3-5-14(13)26-15/h2-5,8-9,12,15H,6-7,10-11H2,1H3/t12-,15-/m1/s1. The Kier molecular flexibility index (Phi) is 4.47. The van der Waals surface area contributed by atoms with Gasteiger partial charge in [-0.2, -0.15) is 4.98 Å². The molecule has 1 fully saturated rings. The zero-order chi connectivity index (χ0) is 17.9. The first-order chi connectivity index (χ1) is 12.7. The van der Waals surface area contributed by atoms with Crippen molar-refractivity contribution >= 4 is 5.91 Å². The molecule has 4 rings (SSSR count). The molecule has 1 saturated heterocycles. The van der Waals surface area contributed by atoms with Gasteiger partial charge >= 0.3 is 0 Å². The highest BCUT2D eigenvalue weighted by molar-refractivity contribution is 5.82. The number of benzene rings is 1. The molecule has 2 aromatic rings. The summed E-state index contributed by atoms with van der Waals surface area (Å²) in [7, 11) is 1.52. The summed E-state index contributed by atoms with van der Waals surface area (Å²) in [6.07, 6.45) is 2.98. The lowest BCUT2D eigenvalue weighted by Crippen LogP contribution is -2.46. The fraction of sp³-hybridized carbons (Fsp3) is 0.389. The summed E-state index contributed by atoms with van der Waals surface area (Å²) in [6, 6.07) is 7.34. The van der Waals surface area contributed by atoms with Crippen molar-refractivity contribution in [3.63, 3.8) is 0 Å². The van der Waals surface area contributed by atoms with Gasteiger partial charge in [0.2, 0.25) is 17.9 Å². The van der Waals surface area contributed by atoms with Crippen LogP contribution >= 0.6 is 0 Å². The van der Waals surface area contributed by atoms with E-state index in [0.29, 0.717) is 36.3 Å². The summed E-state index contributed by atoms with van der Waals surface area (Å²) in [5.74, 6) is 1.93. The van der Waals surface area contributed by atoms with Crippen molar-refractivity contribution in [3.05, 3.63) is 36.7 Å². The van der Waals surface area contributed by atoms with E-state index < -0.39 is 6.10 Å². The minimum atomic E-state index is -0.639. The van der Waals surface area contributed by atoms with Gasteiger partial charge in [0.1, 0.15) is 12.7 Å². The number of methoxy groups -OCH3 is 1. The van der Waals surface area contributed by atoms with E-state index in [2.05, 4.69) is 9.97 Å². The van der Waals surface area contributed by atoms with E-state index in [1.54, 1.807) is 11.0 Å². The smallest absolute Gasteiger partial charge is 0.267 e. The van der Waals surface area contributed by atoms with Crippen LogP contribution < -0.4 is 18.9 Å². The van der Waals surface area contributed by atoms with Gasteiger partial charge < -0.3 is 23.8 Å². The number of carbonyl (C=O) groups excluding carboxylic acids is 1. The van der Waals surface area contributed by atoms with E-state index in [1.807, 2.05) is 18.2 Å². The average molecular weight is 357 g/mol. The van der Waals surface area contributed by atoms with Crippen LogP contribution in [0.25, 0.3) is 0 Å². The van der Waals surface area contributed by atoms with Gasteiger partial charge in [-0.05, 0) is 12.1 Å². The maximum Gasteiger partial charge on any atom is 0.267 e. The second-order valence-corrected chi connectivity index (χ2v) is 6.08. The minimum Gasteiger partial charge on any atom is -0.485 e. The van der Waals surface area contributed by atoms with Crippen molar-refractivity contribution in [2.75, 3.05) is 26.8 Å². The largest absolute Gasteiger partial charge is 0.485 e. The van der Waals surface area contributed by atoms with E-state index in [-0.39, 0.29) is 18.6 Å². The maximum atomic E-state index is 12.7. The molecule has 0 N–H and O–H groups in total. The van der Waals surface area contributed by atoms with E-state index in [4.69, 9.17) is 18.9 Å². The average Bonchev–Trinajstić information content (AvgIpc) is 3.15. The van der Waals surface area contributed by atoms with E-state index in [1.165, 1.54) is 19.5 Å². The lowest BCUT2D eigenvalue weighted by Gasteiger charge is -2.28. The number of hydrogen-bond donors (Lipinski definition) is 0. The number of aromatic nitrogens is 2. The molecule has 8 heteroatoms. The highest BCUT2D eigenvalue weighted by atomic mass is 16.6. The Morgan fingerprint density at radius 3 is 2.88 bits per heavy atom. The lowest BCUT2D eigenvalue weighted by atomic mass is 10.2. The van der Waals surface area contributed by atoms with Crippen molar-refractivity contribution in [3.8, 4) is 23.3 Å². The lowest BCUT2D eigenvalue weighted by molar-refractivity contribution is -0.140. The molecule has 8 nitrogen and oxygen atoms in total. The summed E-state index contributed by atoms with van der Waals surface area (Å²) in [4.78, 5) is 22.7. The predicted molar refractivity (Wildman–Crippen MR) is 90.6 cm³/mol. The van der Waals surface area contributed by atoms with Crippen LogP contribution in [0.5, 0.6) is 23.3 Å². The SMILES string of the molecule is COc1cncc(O[C@@H]2CCN(C(=O)[C@H]3COc4ccccc4O3)C2)n1. The molecule has 26 heavy (non-hydrogen) atoms. The van der Waals surface area contributed by atoms with Crippen molar-refractivity contribution in [1.82, 2.24) is 14.9 Å². The molecule has 2 atom stereocenters. The molecule has 0 radical (unpaired) electrons. The van der Waals surface area contributed by atoms with Gasteiger partial charge in [-0.15, -0.1) is 0 Å². The van der Waals surface area contributed by atoms with Crippen molar-refractivity contribution in [2.45, 2.75) is 18.6 Å². The van der Waals surface area contributed by atoms with Gasteiger partial charge in [-0.25, -0.2) is 0 Å². The van der Waals surface area contributed by atoms with Crippen LogP contribution in [0.2, 0.25) is 0 Å². The van der Waals surface area contributed by atoms with Gasteiger partial charge in [0, 0.05) is 13.0 Å². The predicted octanol–water partition coefficient (Wildman–Crippen LogP) is 1.30. The third kappa shape index (κ3) is 3.35. The number of ether oxygens (including phenoxy) is 4. The second-order valence-electron chi connectivity index (χ2n) is 6.08. The Hall–Kier alpha value is -3.03. The molecule has 3 heterocycles. The van der Waals surface area contributed by atoms with Gasteiger partial charge in [0.15, 0.2) is 11.5 Å². The summed E-state index contributed by atoms with van der Waals surface area (Å²) >= 11 is 0. The molecular formula is C18H19N3O5. The van der Waals surface area contributed by atoms with Crippen LogP contribution in [-0.4, -0.2) is 59.8 Å². The first kappa shape index (κ1) is 16.4. The third-order valence-electron chi connectivity index (χ3n) is 4.33. The Morgan fingerprint density at radius 1 is 1.23 bits per heavy atom. The Balaban J connectivity index is 1.35. The molecule has 0 unspecified atom stereocenters. The molecular weight excluding hydrogens is 338 g/mol. The molecule has 136 valence electrons. The number of amides is 1. The number of fused-ring (bicyclic) bond motifs is 1. The highest BCUT2D eigenvalue weighted by Crippen LogP contribution is 2.31. The maximum absolute atomic E-state index is 12.7. The number of para-hydroxylation sites is 2. The fourth-order valence-corrected chi connectivity index (χ4v) is 3.03. The summed E-state index contributed by atoms with van der Waals surface area (Å²) < 4.78 is 22.3. The number of nitrogens with zero attached hydrogens (tertiary/aromatic N) is 3. The van der Waals surface area contributed by atoms with Gasteiger partial charge in [0.05, 0.1) is 26.0 Å². The molecule has 0 saturated carbocycles. The summed E-state index contributed by atoms with van der Waals surface area (Å²) in [5.41, 5.74) is 0. The molecule has 0 bridgehead atoms. The van der Waals surface area contributed by atoms with Crippen molar-refractivity contribution < 1.29 is 23.7 Å². The van der Waals surface area contributed by atoms with Crippen LogP contribution in [0, 0.1) is 0 Å². The number of hydrogen-bond acceptors (Lipinski definition) is 7. The van der Waals surface area contributed by atoms with Gasteiger partial charge in [-0.1, -0.05) is 12.1 Å². The zero-order valence-electron chi connectivity index (χ0n) is 14.3. The summed E-state index contributed by atoms with van der Waals surface area (Å²) in [6.45, 7) is 1.28. The van der Waals surface area contributed by atoms with Crippen LogP contribution in [0.3, 0.4) is 0 Å². The summed E-state index contributed by atoms with van der Waals surface area (Å²) in [5, 5.41) is 0. The second kappa shape index (κ2) is 7.07. The van der Waals surface area contributed by atoms with Gasteiger partial charge in [-0.3, -0.25) is 9.78 Å². The highest BCUT2D eigenvalue weighted by Gasteiger charge is 2.35. The quantitative estimate of drug-likeness (QED) is 0.816. The normalized spacial score (nSPS) is 21.3. The zero-order valence-corrected chi connectivity index (χ0v) is 14.3. The molecule has 0 spiro atoms. The fourth-order valence-electron chi connectivity index (χ4n) is 3.03. The first-order valence-electron chi connectivity index (χ1n) is 8.43. The molecule has 0 aliphatic carbocycles. The molecule has 1 amide bonds. The van der Waals surface area contributed by atoms with Crippen molar-refractivity contribution in [1.29, 1.82) is 0 Å². The molecule has 1 aromatic heterocycles. The minimum absolute atomic E-state index is 0.0951. The number of rotatable bonds is 4. The van der Waals surface area contributed by atoms with Crippen molar-refractivity contribution in [2.24, 2.45) is 0 Å². The molecule has 1 aromatic carbocycles. The Bertz CT molecular complexity index is 800. The van der Waals surface area contributed by atoms with Crippen LogP contribution in [0.1, 0.15) is 6.42 Å². The third-order valence-corrected chi connectivity index (χ3v) is 4.33. The molecule has 2 aliphatic rings. The first-order valence-corrected chi connectivity index (χ1v) is 8.43. The monoisotopic (exact) mass is 357 g/mol. The number of likely N-dealkylation sites (tertiary alicyclic amines) is 1. The van der Waals surface area contributed by atoms with E-state index in [0.717, 1.165) is 6.42 Å². The van der Waals surface area contributed by atoms with Crippen LogP contribution in [0.4, 0.5) is 0 Å². The Labute approximate surface area is 150 Å². The van der Waals surface area contributed by atoms with Crippen LogP contribution in [0.15, 0.2) is 36.7 Å². The topological polar surface area (TPSA) is 83.0 Å².